The van der Waals surface area contributed by atoms with Gasteiger partial charge in [0.25, 0.3) is 0 Å². The number of amides is 1. The van der Waals surface area contributed by atoms with Gasteiger partial charge in [-0.05, 0) is 26.8 Å². The summed E-state index contributed by atoms with van der Waals surface area (Å²) in [7, 11) is 0. The largest absolute Gasteiger partial charge is 0.389 e. The Morgan fingerprint density at radius 3 is 2.53 bits per heavy atom. The second-order valence-electron chi connectivity index (χ2n) is 3.90. The molecule has 1 unspecified atom stereocenters. The summed E-state index contributed by atoms with van der Waals surface area (Å²) in [6.07, 6.45) is 0. The zero-order valence-corrected chi connectivity index (χ0v) is 10.9. The predicted molar refractivity (Wildman–Crippen MR) is 71.9 cm³/mol. The number of rotatable bonds is 4. The Labute approximate surface area is 106 Å². The van der Waals surface area contributed by atoms with E-state index in [4.69, 9.17) is 23.7 Å². The van der Waals surface area contributed by atoms with Gasteiger partial charge in [0.15, 0.2) is 0 Å². The summed E-state index contributed by atoms with van der Waals surface area (Å²) in [5.74, 6) is -0.439. The highest BCUT2D eigenvalue weighted by Crippen LogP contribution is 2.20. The van der Waals surface area contributed by atoms with Crippen molar-refractivity contribution in [3.05, 3.63) is 23.0 Å². The Hall–Kier alpha value is -1.69. The van der Waals surface area contributed by atoms with E-state index in [-0.39, 0.29) is 4.99 Å². The lowest BCUT2D eigenvalue weighted by atomic mass is 10.1. The number of hydrogen-bond acceptors (Lipinski definition) is 4. The summed E-state index contributed by atoms with van der Waals surface area (Å²) >= 11 is 4.98. The number of primary amides is 1. The van der Waals surface area contributed by atoms with Gasteiger partial charge in [-0.3, -0.25) is 9.78 Å². The first-order valence-corrected chi connectivity index (χ1v) is 5.57. The van der Waals surface area contributed by atoms with Gasteiger partial charge in [-0.2, -0.15) is 0 Å². The summed E-state index contributed by atoms with van der Waals surface area (Å²) < 4.78 is 0. The average Bonchev–Trinajstić information content (AvgIpc) is 2.14. The Kier molecular flexibility index (Phi) is 4.01. The molecule has 6 heteroatoms. The lowest BCUT2D eigenvalue weighted by Gasteiger charge is -2.17. The van der Waals surface area contributed by atoms with Crippen LogP contribution in [0.3, 0.4) is 0 Å². The van der Waals surface area contributed by atoms with Crippen molar-refractivity contribution in [3.8, 4) is 0 Å². The number of anilines is 1. The van der Waals surface area contributed by atoms with E-state index in [0.717, 1.165) is 11.4 Å². The third-order valence-electron chi connectivity index (χ3n) is 2.37. The minimum absolute atomic E-state index is 0.245. The standard InChI is InChI=1S/C11H16N4OS/c1-5-4-8(15-7(3)10(12)16)9(11(13)17)6(2)14-5/h4,7H,1-3H3,(H2,12,16)(H2,13,17)(H,14,15). The van der Waals surface area contributed by atoms with Crippen molar-refractivity contribution < 1.29 is 4.79 Å². The fourth-order valence-electron chi connectivity index (χ4n) is 1.56. The van der Waals surface area contributed by atoms with Crippen LogP contribution in [0.1, 0.15) is 23.9 Å². The van der Waals surface area contributed by atoms with Gasteiger partial charge in [0.1, 0.15) is 11.0 Å². The summed E-state index contributed by atoms with van der Waals surface area (Å²) in [5, 5.41) is 2.99. The first kappa shape index (κ1) is 13.4. The molecule has 0 saturated carbocycles. The van der Waals surface area contributed by atoms with Crippen molar-refractivity contribution in [2.24, 2.45) is 11.5 Å². The molecule has 0 spiro atoms. The molecule has 5 nitrogen and oxygen atoms in total. The summed E-state index contributed by atoms with van der Waals surface area (Å²) in [6, 6.07) is 1.30. The number of carbonyl (C=O) groups excluding carboxylic acids is 1. The van der Waals surface area contributed by atoms with Crippen LogP contribution in [-0.2, 0) is 4.79 Å². The average molecular weight is 252 g/mol. The molecule has 0 saturated heterocycles. The van der Waals surface area contributed by atoms with E-state index in [1.54, 1.807) is 13.0 Å². The van der Waals surface area contributed by atoms with Crippen molar-refractivity contribution in [3.63, 3.8) is 0 Å². The van der Waals surface area contributed by atoms with Gasteiger partial charge in [0, 0.05) is 17.1 Å². The van der Waals surface area contributed by atoms with Gasteiger partial charge in [-0.15, -0.1) is 0 Å². The van der Waals surface area contributed by atoms with E-state index < -0.39 is 11.9 Å². The zero-order chi connectivity index (χ0) is 13.2. The number of nitrogens with one attached hydrogen (secondary N) is 1. The molecule has 1 atom stereocenters. The summed E-state index contributed by atoms with van der Waals surface area (Å²) in [6.45, 7) is 5.36. The number of carbonyl (C=O) groups is 1. The first-order valence-electron chi connectivity index (χ1n) is 5.16. The maximum atomic E-state index is 11.0. The molecule has 0 aliphatic rings. The maximum Gasteiger partial charge on any atom is 0.239 e. The van der Waals surface area contributed by atoms with Crippen molar-refractivity contribution in [1.29, 1.82) is 0 Å². The highest BCUT2D eigenvalue weighted by Gasteiger charge is 2.15. The SMILES string of the molecule is Cc1cc(NC(C)C(N)=O)c(C(N)=S)c(C)n1. The van der Waals surface area contributed by atoms with E-state index in [1.165, 1.54) is 0 Å². The van der Waals surface area contributed by atoms with Crippen molar-refractivity contribution in [1.82, 2.24) is 4.98 Å². The zero-order valence-electron chi connectivity index (χ0n) is 10.1. The predicted octanol–water partition coefficient (Wildman–Crippen LogP) is 0.618. The van der Waals surface area contributed by atoms with Crippen molar-refractivity contribution in [2.45, 2.75) is 26.8 Å². The number of nitrogens with two attached hydrogens (primary N) is 2. The van der Waals surface area contributed by atoms with Gasteiger partial charge in [0.2, 0.25) is 5.91 Å². The quantitative estimate of drug-likeness (QED) is 0.683. The molecule has 1 aromatic heterocycles. The lowest BCUT2D eigenvalue weighted by Crippen LogP contribution is -2.33. The molecule has 0 bridgehead atoms. The lowest BCUT2D eigenvalue weighted by molar-refractivity contribution is -0.118. The molecule has 0 aliphatic carbocycles. The number of aryl methyl sites for hydroxylation is 2. The highest BCUT2D eigenvalue weighted by atomic mass is 32.1. The summed E-state index contributed by atoms with van der Waals surface area (Å²) in [4.78, 5) is 15.6. The molecule has 17 heavy (non-hydrogen) atoms. The molecule has 1 aromatic rings. The van der Waals surface area contributed by atoms with Crippen molar-refractivity contribution >= 4 is 28.8 Å². The van der Waals surface area contributed by atoms with E-state index >= 15 is 0 Å². The van der Waals surface area contributed by atoms with E-state index in [9.17, 15) is 4.79 Å². The van der Waals surface area contributed by atoms with Crippen LogP contribution in [0, 0.1) is 13.8 Å². The third kappa shape index (κ3) is 3.13. The number of nitrogens with zero attached hydrogens (tertiary/aromatic N) is 1. The topological polar surface area (TPSA) is 94.0 Å². The molecule has 1 amide bonds. The molecule has 0 aromatic carbocycles. The Morgan fingerprint density at radius 1 is 1.47 bits per heavy atom. The van der Waals surface area contributed by atoms with Gasteiger partial charge >= 0.3 is 0 Å². The molecule has 5 N–H and O–H groups in total. The minimum Gasteiger partial charge on any atom is -0.389 e. The van der Waals surface area contributed by atoms with Crippen molar-refractivity contribution in [2.75, 3.05) is 5.32 Å². The van der Waals surface area contributed by atoms with Crippen LogP contribution in [0.5, 0.6) is 0 Å². The number of thiocarbonyl (C=S) groups is 1. The molecule has 0 radical (unpaired) electrons. The molecule has 92 valence electrons. The Bertz CT molecular complexity index is 473. The van der Waals surface area contributed by atoms with Gasteiger partial charge in [0.05, 0.1) is 5.56 Å². The monoisotopic (exact) mass is 252 g/mol. The second-order valence-corrected chi connectivity index (χ2v) is 4.34. The molecular formula is C11H16N4OS. The van der Waals surface area contributed by atoms with Gasteiger partial charge < -0.3 is 16.8 Å². The van der Waals surface area contributed by atoms with E-state index in [2.05, 4.69) is 10.3 Å². The molecular weight excluding hydrogens is 236 g/mol. The maximum absolute atomic E-state index is 11.0. The van der Waals surface area contributed by atoms with Gasteiger partial charge in [-0.1, -0.05) is 12.2 Å². The number of pyridine rings is 1. The minimum atomic E-state index is -0.496. The van der Waals surface area contributed by atoms with Crippen LogP contribution in [0.15, 0.2) is 6.07 Å². The Morgan fingerprint density at radius 2 is 2.06 bits per heavy atom. The fraction of sp³-hybridized carbons (Fsp3) is 0.364. The molecule has 1 heterocycles. The smallest absolute Gasteiger partial charge is 0.239 e. The van der Waals surface area contributed by atoms with E-state index in [0.29, 0.717) is 11.3 Å². The number of aromatic nitrogens is 1. The van der Waals surface area contributed by atoms with Crippen LogP contribution < -0.4 is 16.8 Å². The fourth-order valence-corrected chi connectivity index (χ4v) is 1.82. The molecule has 0 fully saturated rings. The third-order valence-corrected chi connectivity index (χ3v) is 2.58. The van der Waals surface area contributed by atoms with Crippen LogP contribution in [-0.4, -0.2) is 21.9 Å². The first-order chi connectivity index (χ1) is 7.82. The van der Waals surface area contributed by atoms with Gasteiger partial charge in [-0.25, -0.2) is 0 Å². The number of hydrogen-bond donors (Lipinski definition) is 3. The van der Waals surface area contributed by atoms with Crippen LogP contribution >= 0.6 is 12.2 Å². The van der Waals surface area contributed by atoms with E-state index in [1.807, 2.05) is 13.8 Å². The normalized spacial score (nSPS) is 11.9. The van der Waals surface area contributed by atoms with Crippen LogP contribution in [0.4, 0.5) is 5.69 Å². The molecule has 0 aliphatic heterocycles. The molecule has 1 rings (SSSR count). The van der Waals surface area contributed by atoms with Crippen LogP contribution in [0.2, 0.25) is 0 Å². The second kappa shape index (κ2) is 5.09. The Balaban J connectivity index is 3.21. The summed E-state index contributed by atoms with van der Waals surface area (Å²) in [5.41, 5.74) is 13.8. The highest BCUT2D eigenvalue weighted by molar-refractivity contribution is 7.80. The van der Waals surface area contributed by atoms with Crippen LogP contribution in [0.25, 0.3) is 0 Å².